The molecule has 9 nitrogen and oxygen atoms in total. The Labute approximate surface area is 253 Å². The van der Waals surface area contributed by atoms with Crippen molar-refractivity contribution in [3.05, 3.63) is 76.4 Å². The van der Waals surface area contributed by atoms with E-state index in [1.807, 2.05) is 26.0 Å². The van der Waals surface area contributed by atoms with Gasteiger partial charge in [-0.05, 0) is 73.4 Å². The van der Waals surface area contributed by atoms with Gasteiger partial charge in [0.2, 0.25) is 0 Å². The summed E-state index contributed by atoms with van der Waals surface area (Å²) in [6.07, 6.45) is 1.87. The third kappa shape index (κ3) is 5.16. The van der Waals surface area contributed by atoms with E-state index in [1.54, 1.807) is 36.4 Å². The van der Waals surface area contributed by atoms with Gasteiger partial charge in [-0.3, -0.25) is 14.5 Å². The van der Waals surface area contributed by atoms with Gasteiger partial charge in [0.1, 0.15) is 19.0 Å². The maximum atomic E-state index is 13.8. The molecule has 2 aliphatic rings. The molecule has 0 radical (unpaired) electrons. The van der Waals surface area contributed by atoms with E-state index in [4.69, 9.17) is 23.9 Å². The Balaban J connectivity index is 1.52. The number of hydrogen-bond acceptors (Lipinski definition) is 9. The fourth-order valence-electron chi connectivity index (χ4n) is 5.45. The number of nitrogens with zero attached hydrogens (tertiary/aromatic N) is 2. The highest BCUT2D eigenvalue weighted by Crippen LogP contribution is 2.47. The van der Waals surface area contributed by atoms with E-state index in [1.165, 1.54) is 23.3 Å². The molecule has 0 bridgehead atoms. The average molecular weight is 601 g/mol. The van der Waals surface area contributed by atoms with Crippen molar-refractivity contribution in [2.45, 2.75) is 39.7 Å². The molecule has 1 unspecified atom stereocenters. The zero-order chi connectivity index (χ0) is 30.2. The van der Waals surface area contributed by atoms with Gasteiger partial charge >= 0.3 is 5.91 Å². The Morgan fingerprint density at radius 2 is 1.84 bits per heavy atom. The number of rotatable bonds is 8. The molecule has 6 rings (SSSR count). The maximum Gasteiger partial charge on any atom is 0.301 e. The fourth-order valence-corrected chi connectivity index (χ4v) is 6.62. The number of anilines is 1. The van der Waals surface area contributed by atoms with Gasteiger partial charge < -0.3 is 24.1 Å². The van der Waals surface area contributed by atoms with Gasteiger partial charge in [0.25, 0.3) is 5.78 Å². The number of amides is 1. The lowest BCUT2D eigenvalue weighted by Gasteiger charge is -2.24. The minimum atomic E-state index is -0.978. The summed E-state index contributed by atoms with van der Waals surface area (Å²) in [5.74, 6) is 0.0882. The highest BCUT2D eigenvalue weighted by Gasteiger charge is 2.48. The lowest BCUT2D eigenvalue weighted by Crippen LogP contribution is -2.29. The molecule has 43 heavy (non-hydrogen) atoms. The number of ether oxygens (including phenoxy) is 4. The van der Waals surface area contributed by atoms with Gasteiger partial charge in [0.05, 0.1) is 35.5 Å². The number of hydrogen-bond donors (Lipinski definition) is 1. The van der Waals surface area contributed by atoms with Crippen molar-refractivity contribution < 1.29 is 33.6 Å². The Kier molecular flexibility index (Phi) is 7.70. The third-order valence-electron chi connectivity index (χ3n) is 7.54. The van der Waals surface area contributed by atoms with Crippen LogP contribution in [0.2, 0.25) is 0 Å². The van der Waals surface area contributed by atoms with Gasteiger partial charge in [0.15, 0.2) is 28.1 Å². The normalized spacial score (nSPS) is 17.5. The summed E-state index contributed by atoms with van der Waals surface area (Å²) >= 11 is 1.33. The van der Waals surface area contributed by atoms with Crippen molar-refractivity contribution in [1.82, 2.24) is 4.98 Å². The second kappa shape index (κ2) is 11.6. The van der Waals surface area contributed by atoms with E-state index in [0.29, 0.717) is 59.1 Å². The number of fused-ring (bicyclic) bond motifs is 2. The number of ketones is 1. The number of benzene rings is 3. The number of aliphatic hydroxyl groups excluding tert-OH is 1. The molecule has 1 amide bonds. The topological polar surface area (TPSA) is 107 Å². The van der Waals surface area contributed by atoms with Crippen LogP contribution in [0.1, 0.15) is 48.1 Å². The maximum absolute atomic E-state index is 13.8. The predicted octanol–water partition coefficient (Wildman–Crippen LogP) is 6.50. The minimum Gasteiger partial charge on any atom is -0.507 e. The molecule has 1 aromatic heterocycles. The number of aryl methyl sites for hydroxylation is 2. The Morgan fingerprint density at radius 3 is 2.60 bits per heavy atom. The number of methoxy groups -OCH3 is 1. The molecule has 4 aromatic rings. The van der Waals surface area contributed by atoms with Crippen LogP contribution in [0.5, 0.6) is 23.0 Å². The smallest absolute Gasteiger partial charge is 0.301 e. The number of aliphatic hydroxyl groups is 1. The van der Waals surface area contributed by atoms with E-state index < -0.39 is 17.7 Å². The molecule has 0 spiro atoms. The first-order chi connectivity index (χ1) is 20.8. The van der Waals surface area contributed by atoms with Crippen LogP contribution in [0.25, 0.3) is 16.0 Å². The first-order valence-electron chi connectivity index (χ1n) is 14.2. The quantitative estimate of drug-likeness (QED) is 0.106. The third-order valence-corrected chi connectivity index (χ3v) is 8.55. The van der Waals surface area contributed by atoms with Crippen LogP contribution >= 0.6 is 11.3 Å². The van der Waals surface area contributed by atoms with Crippen molar-refractivity contribution in [2.24, 2.45) is 0 Å². The fraction of sp³-hybridized carbons (Fsp3) is 0.303. The van der Waals surface area contributed by atoms with Crippen molar-refractivity contribution in [2.75, 3.05) is 31.8 Å². The second-order valence-corrected chi connectivity index (χ2v) is 11.6. The molecule has 0 aliphatic carbocycles. The number of thiazole rings is 1. The summed E-state index contributed by atoms with van der Waals surface area (Å²) in [4.78, 5) is 33.7. The number of unbranched alkanes of at least 4 members (excludes halogenated alkanes) is 1. The summed E-state index contributed by atoms with van der Waals surface area (Å²) in [7, 11) is 1.54. The minimum absolute atomic E-state index is 0.0597. The van der Waals surface area contributed by atoms with Crippen molar-refractivity contribution >= 4 is 44.1 Å². The molecule has 1 N–H and O–H groups in total. The van der Waals surface area contributed by atoms with Crippen molar-refractivity contribution in [3.8, 4) is 23.0 Å². The van der Waals surface area contributed by atoms with Gasteiger partial charge in [-0.25, -0.2) is 4.98 Å². The van der Waals surface area contributed by atoms with Crippen LogP contribution in [0.15, 0.2) is 54.1 Å². The van der Waals surface area contributed by atoms with Gasteiger partial charge in [-0.1, -0.05) is 36.8 Å². The van der Waals surface area contributed by atoms with Crippen molar-refractivity contribution in [3.63, 3.8) is 0 Å². The van der Waals surface area contributed by atoms with Gasteiger partial charge in [-0.15, -0.1) is 0 Å². The summed E-state index contributed by atoms with van der Waals surface area (Å²) in [6.45, 7) is 7.37. The molecule has 2 aliphatic heterocycles. The average Bonchev–Trinajstić information content (AvgIpc) is 3.55. The van der Waals surface area contributed by atoms with Crippen LogP contribution in [0.3, 0.4) is 0 Å². The monoisotopic (exact) mass is 600 g/mol. The molecule has 222 valence electrons. The van der Waals surface area contributed by atoms with E-state index in [0.717, 1.165) is 34.2 Å². The van der Waals surface area contributed by atoms with E-state index in [9.17, 15) is 14.7 Å². The van der Waals surface area contributed by atoms with Crippen LogP contribution in [0, 0.1) is 13.8 Å². The Hall–Kier alpha value is -4.57. The number of carbonyl (C=O) groups is 2. The highest BCUT2D eigenvalue weighted by molar-refractivity contribution is 7.22. The standard InChI is InChI=1S/C33H32N2O7S/c1-5-6-11-40-22-9-7-20(16-24(22)39-4)29-27(30(36)21-8-10-23-25(17-21)42-13-12-41-23)31(37)32(38)35(29)33-34-28-19(3)14-18(2)15-26(28)43-33/h7-10,14-17,29,36H,5-6,11-13H2,1-4H3/b30-27+. The molecular formula is C33H32N2O7S. The molecule has 0 saturated carbocycles. The SMILES string of the molecule is CCCCOc1ccc(C2/C(=C(\O)c3ccc4c(c3)OCCO4)C(=O)C(=O)N2c2nc3c(C)cc(C)cc3s2)cc1OC. The Bertz CT molecular complexity index is 1780. The molecule has 10 heteroatoms. The van der Waals surface area contributed by atoms with Crippen LogP contribution in [0.4, 0.5) is 5.13 Å². The second-order valence-electron chi connectivity index (χ2n) is 10.6. The summed E-state index contributed by atoms with van der Waals surface area (Å²) in [5.41, 5.74) is 3.63. The lowest BCUT2D eigenvalue weighted by molar-refractivity contribution is -0.132. The predicted molar refractivity (Wildman–Crippen MR) is 165 cm³/mol. The lowest BCUT2D eigenvalue weighted by atomic mass is 9.95. The van der Waals surface area contributed by atoms with E-state index >= 15 is 0 Å². The first kappa shape index (κ1) is 28.5. The zero-order valence-electron chi connectivity index (χ0n) is 24.4. The van der Waals surface area contributed by atoms with Crippen molar-refractivity contribution in [1.29, 1.82) is 0 Å². The summed E-state index contributed by atoms with van der Waals surface area (Å²) in [5, 5.41) is 12.0. The zero-order valence-corrected chi connectivity index (χ0v) is 25.2. The molecule has 1 atom stereocenters. The van der Waals surface area contributed by atoms with Crippen LogP contribution < -0.4 is 23.8 Å². The van der Waals surface area contributed by atoms with Gasteiger partial charge in [0, 0.05) is 5.56 Å². The van der Waals surface area contributed by atoms with Gasteiger partial charge in [-0.2, -0.15) is 0 Å². The molecular weight excluding hydrogens is 568 g/mol. The summed E-state index contributed by atoms with van der Waals surface area (Å²) in [6, 6.07) is 13.3. The molecule has 1 saturated heterocycles. The Morgan fingerprint density at radius 1 is 1.05 bits per heavy atom. The number of carbonyl (C=O) groups excluding carboxylic acids is 2. The van der Waals surface area contributed by atoms with E-state index in [-0.39, 0.29) is 11.3 Å². The molecule has 3 aromatic carbocycles. The first-order valence-corrected chi connectivity index (χ1v) is 15.0. The summed E-state index contributed by atoms with van der Waals surface area (Å²) < 4.78 is 23.8. The van der Waals surface area contributed by atoms with Crippen LogP contribution in [-0.2, 0) is 9.59 Å². The van der Waals surface area contributed by atoms with Crippen LogP contribution in [-0.4, -0.2) is 48.7 Å². The highest BCUT2D eigenvalue weighted by atomic mass is 32.1. The largest absolute Gasteiger partial charge is 0.507 e. The molecule has 1 fully saturated rings. The number of Topliss-reactive ketones (excluding diaryl/α,β-unsaturated/α-hetero) is 1. The van der Waals surface area contributed by atoms with E-state index in [2.05, 4.69) is 6.92 Å². The number of aromatic nitrogens is 1. The molecule has 3 heterocycles.